The molecule has 100 valence electrons. The van der Waals surface area contributed by atoms with Crippen molar-refractivity contribution < 1.29 is 4.79 Å². The van der Waals surface area contributed by atoms with Gasteiger partial charge in [0.25, 0.3) is 0 Å². The first-order valence-corrected chi connectivity index (χ1v) is 7.46. The van der Waals surface area contributed by atoms with Crippen molar-refractivity contribution in [2.24, 2.45) is 0 Å². The van der Waals surface area contributed by atoms with Gasteiger partial charge in [-0.05, 0) is 31.7 Å². The van der Waals surface area contributed by atoms with Crippen molar-refractivity contribution in [1.29, 1.82) is 0 Å². The zero-order chi connectivity index (χ0) is 13.4. The van der Waals surface area contributed by atoms with E-state index in [0.29, 0.717) is 11.2 Å². The highest BCUT2D eigenvalue weighted by Crippen LogP contribution is 2.06. The van der Waals surface area contributed by atoms with Crippen LogP contribution in [0.2, 0.25) is 0 Å². The molecule has 1 atom stereocenters. The van der Waals surface area contributed by atoms with E-state index in [-0.39, 0.29) is 5.91 Å². The number of nitrogens with one attached hydrogen (secondary N) is 1. The van der Waals surface area contributed by atoms with Gasteiger partial charge in [0.15, 0.2) is 0 Å². The number of alkyl halides is 1. The predicted octanol–water partition coefficient (Wildman–Crippen LogP) is 3.61. The molecule has 0 aromatic heterocycles. The van der Waals surface area contributed by atoms with E-state index in [1.54, 1.807) is 0 Å². The van der Waals surface area contributed by atoms with Crippen LogP contribution < -0.4 is 5.32 Å². The number of hydrogen-bond donors (Lipinski definition) is 1. The topological polar surface area (TPSA) is 29.1 Å². The van der Waals surface area contributed by atoms with E-state index in [0.717, 1.165) is 25.8 Å². The van der Waals surface area contributed by atoms with Gasteiger partial charge in [0.1, 0.15) is 0 Å². The van der Waals surface area contributed by atoms with Gasteiger partial charge in [0.05, 0.1) is 0 Å². The number of rotatable bonds is 7. The van der Waals surface area contributed by atoms with Gasteiger partial charge in [-0.25, -0.2) is 0 Å². The van der Waals surface area contributed by atoms with E-state index in [1.165, 1.54) is 11.1 Å². The second-order valence-corrected chi connectivity index (χ2v) is 6.32. The number of amides is 1. The highest BCUT2D eigenvalue weighted by Gasteiger charge is 2.02. The number of carbonyl (C=O) groups excluding carboxylic acids is 1. The largest absolute Gasteiger partial charge is 0.356 e. The monoisotopic (exact) mass is 311 g/mol. The molecule has 1 unspecified atom stereocenters. The van der Waals surface area contributed by atoms with Crippen molar-refractivity contribution >= 4 is 21.8 Å². The Morgan fingerprint density at radius 2 is 2.00 bits per heavy atom. The molecule has 1 rings (SSSR count). The highest BCUT2D eigenvalue weighted by molar-refractivity contribution is 9.09. The van der Waals surface area contributed by atoms with E-state index in [9.17, 15) is 4.79 Å². The minimum absolute atomic E-state index is 0.151. The van der Waals surface area contributed by atoms with E-state index >= 15 is 0 Å². The lowest BCUT2D eigenvalue weighted by molar-refractivity contribution is -0.121. The van der Waals surface area contributed by atoms with Gasteiger partial charge in [-0.1, -0.05) is 52.7 Å². The van der Waals surface area contributed by atoms with Crippen molar-refractivity contribution in [3.05, 3.63) is 35.4 Å². The number of aryl methyl sites for hydroxylation is 2. The van der Waals surface area contributed by atoms with Crippen molar-refractivity contribution in [2.75, 3.05) is 6.54 Å². The quantitative estimate of drug-likeness (QED) is 0.605. The molecule has 1 aromatic carbocycles. The maximum absolute atomic E-state index is 11.6. The van der Waals surface area contributed by atoms with Crippen LogP contribution in [0, 0.1) is 6.92 Å². The van der Waals surface area contributed by atoms with Crippen molar-refractivity contribution in [2.45, 2.75) is 44.4 Å². The predicted molar refractivity (Wildman–Crippen MR) is 80.1 cm³/mol. The van der Waals surface area contributed by atoms with Gasteiger partial charge in [-0.15, -0.1) is 0 Å². The maximum Gasteiger partial charge on any atom is 0.220 e. The number of hydrogen-bond acceptors (Lipinski definition) is 1. The zero-order valence-corrected chi connectivity index (χ0v) is 12.8. The van der Waals surface area contributed by atoms with E-state index in [1.807, 2.05) is 0 Å². The van der Waals surface area contributed by atoms with Crippen LogP contribution in [0.15, 0.2) is 24.3 Å². The Balaban J connectivity index is 2.15. The summed E-state index contributed by atoms with van der Waals surface area (Å²) in [5, 5.41) is 2.96. The highest BCUT2D eigenvalue weighted by atomic mass is 79.9. The lowest BCUT2D eigenvalue weighted by Gasteiger charge is -2.06. The van der Waals surface area contributed by atoms with Crippen molar-refractivity contribution in [1.82, 2.24) is 5.32 Å². The van der Waals surface area contributed by atoms with Crippen molar-refractivity contribution in [3.8, 4) is 0 Å². The molecular formula is C15H22BrNO. The van der Waals surface area contributed by atoms with Crippen LogP contribution in [-0.4, -0.2) is 17.3 Å². The molecule has 0 aliphatic carbocycles. The molecule has 0 aliphatic heterocycles. The molecule has 1 N–H and O–H groups in total. The summed E-state index contributed by atoms with van der Waals surface area (Å²) < 4.78 is 0. The SMILES string of the molecule is Cc1ccc(CCC(=O)NCCCC(C)Br)cc1. The lowest BCUT2D eigenvalue weighted by Crippen LogP contribution is -2.24. The van der Waals surface area contributed by atoms with Crippen LogP contribution >= 0.6 is 15.9 Å². The Kier molecular flexibility index (Phi) is 7.02. The van der Waals surface area contributed by atoms with E-state index in [4.69, 9.17) is 0 Å². The minimum atomic E-state index is 0.151. The fraction of sp³-hybridized carbons (Fsp3) is 0.533. The number of benzene rings is 1. The molecule has 0 fully saturated rings. The molecular weight excluding hydrogens is 290 g/mol. The summed E-state index contributed by atoms with van der Waals surface area (Å²) in [5.41, 5.74) is 2.48. The number of halogens is 1. The van der Waals surface area contributed by atoms with Crippen LogP contribution in [0.5, 0.6) is 0 Å². The van der Waals surface area contributed by atoms with Gasteiger partial charge in [0.2, 0.25) is 5.91 Å². The summed E-state index contributed by atoms with van der Waals surface area (Å²) in [7, 11) is 0. The normalized spacial score (nSPS) is 12.2. The maximum atomic E-state index is 11.6. The second kappa shape index (κ2) is 8.30. The third kappa shape index (κ3) is 6.80. The minimum Gasteiger partial charge on any atom is -0.356 e. The molecule has 1 amide bonds. The first-order chi connectivity index (χ1) is 8.58. The molecule has 0 spiro atoms. The lowest BCUT2D eigenvalue weighted by atomic mass is 10.1. The number of carbonyl (C=O) groups is 1. The Hall–Kier alpha value is -0.830. The average Bonchev–Trinajstić information content (AvgIpc) is 2.34. The molecule has 1 aromatic rings. The van der Waals surface area contributed by atoms with Gasteiger partial charge < -0.3 is 5.32 Å². The van der Waals surface area contributed by atoms with Crippen LogP contribution in [0.1, 0.15) is 37.3 Å². The van der Waals surface area contributed by atoms with Gasteiger partial charge in [-0.2, -0.15) is 0 Å². The molecule has 2 nitrogen and oxygen atoms in total. The molecule has 0 aliphatic rings. The van der Waals surface area contributed by atoms with Crippen LogP contribution in [0.4, 0.5) is 0 Å². The van der Waals surface area contributed by atoms with Gasteiger partial charge in [0, 0.05) is 17.8 Å². The summed E-state index contributed by atoms with van der Waals surface area (Å²) >= 11 is 3.50. The Morgan fingerprint density at radius 1 is 1.33 bits per heavy atom. The molecule has 0 bridgehead atoms. The Labute approximate surface area is 118 Å². The van der Waals surface area contributed by atoms with Gasteiger partial charge >= 0.3 is 0 Å². The van der Waals surface area contributed by atoms with Crippen LogP contribution in [0.3, 0.4) is 0 Å². The van der Waals surface area contributed by atoms with E-state index in [2.05, 4.69) is 59.4 Å². The first kappa shape index (κ1) is 15.2. The first-order valence-electron chi connectivity index (χ1n) is 6.54. The van der Waals surface area contributed by atoms with Crippen LogP contribution in [-0.2, 0) is 11.2 Å². The average molecular weight is 312 g/mol. The van der Waals surface area contributed by atoms with E-state index < -0.39 is 0 Å². The standard InChI is InChI=1S/C15H22BrNO/c1-12-5-7-14(8-6-12)9-10-15(18)17-11-3-4-13(2)16/h5-8,13H,3-4,9-11H2,1-2H3,(H,17,18). The Morgan fingerprint density at radius 3 is 2.61 bits per heavy atom. The van der Waals surface area contributed by atoms with Crippen LogP contribution in [0.25, 0.3) is 0 Å². The summed E-state index contributed by atoms with van der Waals surface area (Å²) in [5.74, 6) is 0.151. The molecule has 0 saturated heterocycles. The fourth-order valence-electron chi connectivity index (χ4n) is 1.71. The molecule has 3 heteroatoms. The molecule has 0 heterocycles. The fourth-order valence-corrected chi connectivity index (χ4v) is 2.04. The summed E-state index contributed by atoms with van der Waals surface area (Å²) in [6.45, 7) is 4.98. The zero-order valence-electron chi connectivity index (χ0n) is 11.2. The third-order valence-corrected chi connectivity index (χ3v) is 3.32. The third-order valence-electron chi connectivity index (χ3n) is 2.86. The molecule has 18 heavy (non-hydrogen) atoms. The second-order valence-electron chi connectivity index (χ2n) is 4.76. The smallest absolute Gasteiger partial charge is 0.220 e. The summed E-state index contributed by atoms with van der Waals surface area (Å²) in [4.78, 5) is 12.1. The Bertz CT molecular complexity index is 359. The van der Waals surface area contributed by atoms with Crippen molar-refractivity contribution in [3.63, 3.8) is 0 Å². The molecule has 0 saturated carbocycles. The summed E-state index contributed by atoms with van der Waals surface area (Å²) in [6, 6.07) is 8.36. The molecule has 0 radical (unpaired) electrons. The van der Waals surface area contributed by atoms with Gasteiger partial charge in [-0.3, -0.25) is 4.79 Å². The summed E-state index contributed by atoms with van der Waals surface area (Å²) in [6.07, 6.45) is 3.52.